The molecule has 0 N–H and O–H groups in total. The second kappa shape index (κ2) is 6.69. The predicted molar refractivity (Wildman–Crippen MR) is 107 cm³/mol. The molecular formula is C23H23NO3. The molecular weight excluding hydrogens is 338 g/mol. The number of benzene rings is 2. The highest BCUT2D eigenvalue weighted by Gasteiger charge is 2.25. The van der Waals surface area contributed by atoms with Crippen LogP contribution in [0.4, 0.5) is 0 Å². The Labute approximate surface area is 158 Å². The lowest BCUT2D eigenvalue weighted by molar-refractivity contribution is 0.0525. The lowest BCUT2D eigenvalue weighted by Crippen LogP contribution is -2.27. The van der Waals surface area contributed by atoms with Gasteiger partial charge in [-0.3, -0.25) is 4.79 Å². The van der Waals surface area contributed by atoms with Crippen molar-refractivity contribution in [2.45, 2.75) is 33.1 Å². The van der Waals surface area contributed by atoms with Crippen LogP contribution in [0.25, 0.3) is 22.0 Å². The quantitative estimate of drug-likeness (QED) is 0.658. The monoisotopic (exact) mass is 361 g/mol. The van der Waals surface area contributed by atoms with E-state index in [1.165, 1.54) is 11.1 Å². The Hall–Kier alpha value is -2.88. The number of fused-ring (bicyclic) bond motifs is 2. The molecule has 0 saturated heterocycles. The van der Waals surface area contributed by atoms with Crippen molar-refractivity contribution in [2.75, 3.05) is 6.61 Å². The Morgan fingerprint density at radius 3 is 2.56 bits per heavy atom. The number of ether oxygens (including phenoxy) is 1. The topological polar surface area (TPSA) is 48.3 Å². The van der Waals surface area contributed by atoms with Crippen molar-refractivity contribution in [2.24, 2.45) is 7.05 Å². The molecule has 0 atom stereocenters. The van der Waals surface area contributed by atoms with Crippen LogP contribution in [0.2, 0.25) is 0 Å². The summed E-state index contributed by atoms with van der Waals surface area (Å²) in [6.07, 6.45) is 3.21. The second-order valence-electron chi connectivity index (χ2n) is 7.14. The molecule has 2 aromatic carbocycles. The first-order valence-corrected chi connectivity index (χ1v) is 9.44. The van der Waals surface area contributed by atoms with E-state index in [-0.39, 0.29) is 17.7 Å². The molecule has 4 heteroatoms. The Morgan fingerprint density at radius 1 is 1.15 bits per heavy atom. The molecule has 1 heterocycles. The lowest BCUT2D eigenvalue weighted by Gasteiger charge is -2.18. The molecule has 0 saturated carbocycles. The molecule has 1 aliphatic rings. The van der Waals surface area contributed by atoms with Gasteiger partial charge < -0.3 is 9.30 Å². The minimum atomic E-state index is -0.557. The maximum absolute atomic E-state index is 13.2. The SMILES string of the molecule is CCOC(=O)c1c(-c2ccccc2C)c2cc3c(cc2n(C)c1=O)CCC3. The van der Waals surface area contributed by atoms with E-state index < -0.39 is 5.97 Å². The predicted octanol–water partition coefficient (Wildman–Crippen LogP) is 4.18. The van der Waals surface area contributed by atoms with Crippen LogP contribution >= 0.6 is 0 Å². The number of esters is 1. The zero-order valence-corrected chi connectivity index (χ0v) is 16.0. The highest BCUT2D eigenvalue weighted by atomic mass is 16.5. The van der Waals surface area contributed by atoms with Crippen LogP contribution in [0.5, 0.6) is 0 Å². The molecule has 27 heavy (non-hydrogen) atoms. The van der Waals surface area contributed by atoms with Crippen molar-refractivity contribution >= 4 is 16.9 Å². The van der Waals surface area contributed by atoms with Crippen LogP contribution in [-0.4, -0.2) is 17.1 Å². The van der Waals surface area contributed by atoms with E-state index in [1.807, 2.05) is 31.2 Å². The summed E-state index contributed by atoms with van der Waals surface area (Å²) >= 11 is 0. The summed E-state index contributed by atoms with van der Waals surface area (Å²) in [6.45, 7) is 3.99. The molecule has 0 radical (unpaired) electrons. The summed E-state index contributed by atoms with van der Waals surface area (Å²) in [5, 5.41) is 0.940. The molecule has 0 amide bonds. The molecule has 0 fully saturated rings. The van der Waals surface area contributed by atoms with Crippen LogP contribution in [0.15, 0.2) is 41.2 Å². The average Bonchev–Trinajstić information content (AvgIpc) is 3.11. The fourth-order valence-electron chi connectivity index (χ4n) is 4.13. The molecule has 4 nitrogen and oxygen atoms in total. The highest BCUT2D eigenvalue weighted by molar-refractivity contribution is 6.07. The summed E-state index contributed by atoms with van der Waals surface area (Å²) < 4.78 is 6.84. The first-order valence-electron chi connectivity index (χ1n) is 9.44. The van der Waals surface area contributed by atoms with E-state index in [1.54, 1.807) is 18.5 Å². The van der Waals surface area contributed by atoms with Crippen molar-refractivity contribution in [3.8, 4) is 11.1 Å². The Kier molecular flexibility index (Phi) is 4.34. The van der Waals surface area contributed by atoms with E-state index >= 15 is 0 Å². The van der Waals surface area contributed by atoms with Gasteiger partial charge in [-0.15, -0.1) is 0 Å². The molecule has 0 spiro atoms. The smallest absolute Gasteiger partial charge is 0.344 e. The normalized spacial score (nSPS) is 13.0. The maximum Gasteiger partial charge on any atom is 0.344 e. The van der Waals surface area contributed by atoms with Crippen molar-refractivity contribution < 1.29 is 9.53 Å². The number of nitrogens with zero attached hydrogens (tertiary/aromatic N) is 1. The summed E-state index contributed by atoms with van der Waals surface area (Å²) in [6, 6.07) is 12.2. The van der Waals surface area contributed by atoms with Gasteiger partial charge in [0.2, 0.25) is 0 Å². The van der Waals surface area contributed by atoms with Crippen LogP contribution in [0.1, 0.15) is 40.4 Å². The Morgan fingerprint density at radius 2 is 1.85 bits per heavy atom. The van der Waals surface area contributed by atoms with E-state index in [0.29, 0.717) is 5.56 Å². The fourth-order valence-corrected chi connectivity index (χ4v) is 4.13. The number of pyridine rings is 1. The number of aryl methyl sites for hydroxylation is 4. The van der Waals surface area contributed by atoms with Gasteiger partial charge >= 0.3 is 5.97 Å². The van der Waals surface area contributed by atoms with Gasteiger partial charge in [-0.1, -0.05) is 24.3 Å². The largest absolute Gasteiger partial charge is 0.462 e. The third kappa shape index (κ3) is 2.76. The third-order valence-electron chi connectivity index (χ3n) is 5.50. The lowest BCUT2D eigenvalue weighted by atomic mass is 9.91. The van der Waals surface area contributed by atoms with Gasteiger partial charge in [-0.25, -0.2) is 4.79 Å². The molecule has 4 rings (SSSR count). The van der Waals surface area contributed by atoms with Crippen LogP contribution in [-0.2, 0) is 24.6 Å². The van der Waals surface area contributed by atoms with E-state index in [9.17, 15) is 9.59 Å². The molecule has 0 bridgehead atoms. The Bertz CT molecular complexity index is 1120. The zero-order valence-electron chi connectivity index (χ0n) is 16.0. The summed E-state index contributed by atoms with van der Waals surface area (Å²) in [4.78, 5) is 25.9. The third-order valence-corrected chi connectivity index (χ3v) is 5.50. The van der Waals surface area contributed by atoms with Gasteiger partial charge in [0.15, 0.2) is 0 Å². The number of carbonyl (C=O) groups excluding carboxylic acids is 1. The minimum absolute atomic E-state index is 0.124. The van der Waals surface area contributed by atoms with Gasteiger partial charge in [0, 0.05) is 18.0 Å². The van der Waals surface area contributed by atoms with Crippen LogP contribution < -0.4 is 5.56 Å². The van der Waals surface area contributed by atoms with E-state index in [0.717, 1.165) is 41.3 Å². The number of aromatic nitrogens is 1. The van der Waals surface area contributed by atoms with E-state index in [4.69, 9.17) is 4.74 Å². The Balaban J connectivity index is 2.18. The zero-order chi connectivity index (χ0) is 19.1. The second-order valence-corrected chi connectivity index (χ2v) is 7.14. The maximum atomic E-state index is 13.2. The van der Waals surface area contributed by atoms with Crippen molar-refractivity contribution in [1.29, 1.82) is 0 Å². The first kappa shape index (κ1) is 17.5. The van der Waals surface area contributed by atoms with Gasteiger partial charge in [0.25, 0.3) is 5.56 Å². The van der Waals surface area contributed by atoms with Crippen molar-refractivity contribution in [1.82, 2.24) is 4.57 Å². The van der Waals surface area contributed by atoms with E-state index in [2.05, 4.69) is 12.1 Å². The molecule has 0 aliphatic heterocycles. The standard InChI is InChI=1S/C23H23NO3/c1-4-27-23(26)21-20(17-11-6-5-8-14(17)2)18-12-15-9-7-10-16(15)13-19(18)24(3)22(21)25/h5-6,8,11-13H,4,7,9-10H2,1-3H3. The summed E-state index contributed by atoms with van der Waals surface area (Å²) in [5.41, 5.74) is 5.92. The number of hydrogen-bond donors (Lipinski definition) is 0. The highest BCUT2D eigenvalue weighted by Crippen LogP contribution is 2.36. The van der Waals surface area contributed by atoms with Gasteiger partial charge in [0.05, 0.1) is 12.1 Å². The number of hydrogen-bond acceptors (Lipinski definition) is 3. The molecule has 1 aliphatic carbocycles. The summed E-state index contributed by atoms with van der Waals surface area (Å²) in [5.74, 6) is -0.557. The average molecular weight is 361 g/mol. The van der Waals surface area contributed by atoms with Crippen molar-refractivity contribution in [3.05, 3.63) is 69.0 Å². The van der Waals surface area contributed by atoms with Gasteiger partial charge in [-0.05, 0) is 67.5 Å². The molecule has 3 aromatic rings. The molecule has 1 aromatic heterocycles. The number of carbonyl (C=O) groups is 1. The van der Waals surface area contributed by atoms with Gasteiger partial charge in [0.1, 0.15) is 5.56 Å². The fraction of sp³-hybridized carbons (Fsp3) is 0.304. The van der Waals surface area contributed by atoms with Crippen molar-refractivity contribution in [3.63, 3.8) is 0 Å². The first-order chi connectivity index (χ1) is 13.0. The van der Waals surface area contributed by atoms with Crippen LogP contribution in [0.3, 0.4) is 0 Å². The number of rotatable bonds is 3. The molecule has 0 unspecified atom stereocenters. The summed E-state index contributed by atoms with van der Waals surface area (Å²) in [7, 11) is 1.73. The van der Waals surface area contributed by atoms with Crippen LogP contribution in [0, 0.1) is 6.92 Å². The minimum Gasteiger partial charge on any atom is -0.462 e. The molecule has 138 valence electrons. The van der Waals surface area contributed by atoms with Gasteiger partial charge in [-0.2, -0.15) is 0 Å².